The van der Waals surface area contributed by atoms with Gasteiger partial charge in [-0.05, 0) is 56.6 Å². The van der Waals surface area contributed by atoms with E-state index in [9.17, 15) is 19.5 Å². The van der Waals surface area contributed by atoms with Crippen LogP contribution in [-0.4, -0.2) is 81.5 Å². The van der Waals surface area contributed by atoms with Crippen LogP contribution < -0.4 is 4.90 Å². The molecule has 1 N–H and O–H groups in total. The minimum Gasteiger partial charge on any atom is -0.396 e. The summed E-state index contributed by atoms with van der Waals surface area (Å²) in [5, 5.41) is 9.78. The second-order valence-corrected chi connectivity index (χ2v) is 13.5. The first-order valence-electron chi connectivity index (χ1n) is 14.9. The van der Waals surface area contributed by atoms with Crippen LogP contribution in [0.25, 0.3) is 0 Å². The molecule has 3 saturated heterocycles. The summed E-state index contributed by atoms with van der Waals surface area (Å²) in [6.45, 7) is 15.6. The highest BCUT2D eigenvalue weighted by Gasteiger charge is 2.76. The number of aliphatic hydroxyl groups excluding tert-OH is 1. The van der Waals surface area contributed by atoms with Gasteiger partial charge in [0.05, 0.1) is 27.3 Å². The molecule has 3 heterocycles. The zero-order chi connectivity index (χ0) is 29.9. The lowest BCUT2D eigenvalue weighted by molar-refractivity contribution is -0.144. The van der Waals surface area contributed by atoms with Crippen LogP contribution in [0.15, 0.2) is 43.5 Å². The summed E-state index contributed by atoms with van der Waals surface area (Å²) in [6, 6.07) is 4.83. The predicted molar refractivity (Wildman–Crippen MR) is 167 cm³/mol. The van der Waals surface area contributed by atoms with E-state index in [1.165, 1.54) is 0 Å². The Bertz CT molecular complexity index is 1160. The van der Waals surface area contributed by atoms with Crippen LogP contribution in [0, 0.1) is 24.7 Å². The lowest BCUT2D eigenvalue weighted by Gasteiger charge is -2.41. The molecule has 1 aromatic rings. The zero-order valence-corrected chi connectivity index (χ0v) is 26.1. The maximum Gasteiger partial charge on any atom is 0.251 e. The molecule has 0 radical (unpaired) electrons. The monoisotopic (exact) mass is 601 g/mol. The number of hydrogen-bond donors (Lipinski definition) is 1. The van der Waals surface area contributed by atoms with Crippen molar-refractivity contribution in [1.29, 1.82) is 0 Å². The zero-order valence-electron chi connectivity index (χ0n) is 24.6. The lowest BCUT2D eigenvalue weighted by atomic mass is 9.65. The van der Waals surface area contributed by atoms with Gasteiger partial charge < -0.3 is 19.8 Å². The number of rotatable bonds is 14. The quantitative estimate of drug-likeness (QED) is 0.237. The summed E-state index contributed by atoms with van der Waals surface area (Å²) in [5.41, 5.74) is 1.49. The molecule has 4 rings (SSSR count). The highest BCUT2D eigenvalue weighted by Crippen LogP contribution is 2.69. The molecule has 1 spiro atoms. The number of aryl methyl sites for hydroxylation is 1. The molecule has 0 saturated carbocycles. The fraction of sp³-hybridized carbons (Fsp3) is 0.594. The van der Waals surface area contributed by atoms with E-state index in [-0.39, 0.29) is 42.0 Å². The van der Waals surface area contributed by atoms with Crippen LogP contribution in [0.2, 0.25) is 5.02 Å². The van der Waals surface area contributed by atoms with Gasteiger partial charge in [-0.1, -0.05) is 49.7 Å². The average molecular weight is 602 g/mol. The van der Waals surface area contributed by atoms with Gasteiger partial charge in [0.25, 0.3) is 5.91 Å². The van der Waals surface area contributed by atoms with Crippen molar-refractivity contribution in [2.24, 2.45) is 17.8 Å². The minimum absolute atomic E-state index is 0.00500. The molecule has 224 valence electrons. The third kappa shape index (κ3) is 5.48. The maximum atomic E-state index is 14.8. The van der Waals surface area contributed by atoms with Crippen LogP contribution in [-0.2, 0) is 14.4 Å². The number of hydrogen-bond acceptors (Lipinski definition) is 5. The van der Waals surface area contributed by atoms with Gasteiger partial charge in [0, 0.05) is 38.0 Å². The molecule has 2 bridgehead atoms. The van der Waals surface area contributed by atoms with E-state index < -0.39 is 22.6 Å². The SMILES string of the molecule is C=CCN(CCC)C(=O)[C@@H]1[C@@H]2CC(C)C3(S2)C(C(=O)N(CC=C)c2c(C)cccc2Cl)N(CCCCCO)C(=O)[C@H]13. The second kappa shape index (κ2) is 13.3. The molecule has 0 aliphatic carbocycles. The molecule has 3 amide bonds. The van der Waals surface area contributed by atoms with Crippen LogP contribution >= 0.6 is 23.4 Å². The maximum absolute atomic E-state index is 14.8. The van der Waals surface area contributed by atoms with Gasteiger partial charge in [-0.25, -0.2) is 0 Å². The number of nitrogens with zero attached hydrogens (tertiary/aromatic N) is 3. The molecule has 3 fully saturated rings. The number of benzene rings is 1. The van der Waals surface area contributed by atoms with Crippen molar-refractivity contribution in [2.75, 3.05) is 37.7 Å². The molecule has 0 aromatic heterocycles. The normalized spacial score (nSPS) is 28.1. The molecule has 41 heavy (non-hydrogen) atoms. The van der Waals surface area contributed by atoms with Crippen LogP contribution in [0.5, 0.6) is 0 Å². The van der Waals surface area contributed by atoms with Crippen molar-refractivity contribution in [3.8, 4) is 0 Å². The third-order valence-electron chi connectivity index (χ3n) is 9.01. The fourth-order valence-corrected chi connectivity index (χ4v) is 10.1. The van der Waals surface area contributed by atoms with Crippen molar-refractivity contribution in [2.45, 2.75) is 68.9 Å². The number of carbonyl (C=O) groups excluding carboxylic acids is 3. The lowest BCUT2D eigenvalue weighted by Crippen LogP contribution is -2.58. The Kier molecular flexibility index (Phi) is 10.3. The van der Waals surface area contributed by atoms with Gasteiger partial charge in [-0.3, -0.25) is 14.4 Å². The van der Waals surface area contributed by atoms with Gasteiger partial charge in [0.2, 0.25) is 11.8 Å². The molecule has 1 aromatic carbocycles. The van der Waals surface area contributed by atoms with E-state index in [1.807, 2.05) is 30.9 Å². The van der Waals surface area contributed by atoms with E-state index in [0.29, 0.717) is 43.2 Å². The number of anilines is 1. The topological polar surface area (TPSA) is 81.2 Å². The number of fused-ring (bicyclic) bond motifs is 1. The van der Waals surface area contributed by atoms with E-state index in [1.54, 1.807) is 39.8 Å². The van der Waals surface area contributed by atoms with Crippen LogP contribution in [0.3, 0.4) is 0 Å². The molecule has 3 aliphatic heterocycles. The molecule has 7 nitrogen and oxygen atoms in total. The number of aliphatic hydroxyl groups is 1. The summed E-state index contributed by atoms with van der Waals surface area (Å²) in [5.74, 6) is -1.25. The highest BCUT2D eigenvalue weighted by molar-refractivity contribution is 8.02. The summed E-state index contributed by atoms with van der Waals surface area (Å²) in [6.07, 6.45) is 7.08. The fourth-order valence-electron chi connectivity index (χ4n) is 7.35. The van der Waals surface area contributed by atoms with Crippen molar-refractivity contribution >= 4 is 46.8 Å². The summed E-state index contributed by atoms with van der Waals surface area (Å²) in [4.78, 5) is 48.6. The number of thioether (sulfide) groups is 1. The second-order valence-electron chi connectivity index (χ2n) is 11.6. The molecular formula is C32H44ClN3O4S. The Morgan fingerprint density at radius 3 is 2.56 bits per heavy atom. The highest BCUT2D eigenvalue weighted by atomic mass is 35.5. The Morgan fingerprint density at radius 1 is 1.20 bits per heavy atom. The predicted octanol–water partition coefficient (Wildman–Crippen LogP) is 5.09. The summed E-state index contributed by atoms with van der Waals surface area (Å²) >= 11 is 8.37. The van der Waals surface area contributed by atoms with Crippen molar-refractivity contribution < 1.29 is 19.5 Å². The number of unbranched alkanes of at least 4 members (excludes halogenated alkanes) is 2. The van der Waals surface area contributed by atoms with Crippen LogP contribution in [0.4, 0.5) is 5.69 Å². The summed E-state index contributed by atoms with van der Waals surface area (Å²) in [7, 11) is 0. The summed E-state index contributed by atoms with van der Waals surface area (Å²) < 4.78 is -0.712. The molecule has 9 heteroatoms. The van der Waals surface area contributed by atoms with Gasteiger partial charge in [0.1, 0.15) is 6.04 Å². The first-order valence-corrected chi connectivity index (χ1v) is 16.1. The van der Waals surface area contributed by atoms with Crippen LogP contribution in [0.1, 0.15) is 51.5 Å². The van der Waals surface area contributed by atoms with Crippen molar-refractivity contribution in [1.82, 2.24) is 9.80 Å². The van der Waals surface area contributed by atoms with E-state index in [0.717, 1.165) is 24.8 Å². The van der Waals surface area contributed by atoms with Gasteiger partial charge in [0.15, 0.2) is 0 Å². The number of likely N-dealkylation sites (tertiary alicyclic amines) is 1. The van der Waals surface area contributed by atoms with E-state index in [2.05, 4.69) is 20.1 Å². The standard InChI is InChI=1S/C32H44ClN3O4S/c1-6-15-34(16-7-2)29(38)25-24-20-22(5)32(41-24)26(25)30(39)36(18-10-9-11-19-37)28(32)31(40)35(17-8-3)27-21(4)13-12-14-23(27)33/h6,8,12-14,22,24-26,28,37H,1,3,7,9-11,15-20H2,2,4-5H3/t22?,24-,25+,26-,28?,32?/m0/s1. The minimum atomic E-state index is -0.730. The number of amides is 3. The largest absolute Gasteiger partial charge is 0.396 e. The van der Waals surface area contributed by atoms with E-state index >= 15 is 0 Å². The Hall–Kier alpha value is -2.29. The number of halogens is 1. The first-order chi connectivity index (χ1) is 19.7. The third-order valence-corrected chi connectivity index (χ3v) is 11.4. The molecular weight excluding hydrogens is 558 g/mol. The van der Waals surface area contributed by atoms with Gasteiger partial charge in [-0.15, -0.1) is 24.9 Å². The van der Waals surface area contributed by atoms with Gasteiger partial charge >= 0.3 is 0 Å². The van der Waals surface area contributed by atoms with E-state index in [4.69, 9.17) is 11.6 Å². The number of para-hydroxylation sites is 1. The molecule has 6 atom stereocenters. The molecule has 3 aliphatic rings. The Morgan fingerprint density at radius 2 is 1.93 bits per heavy atom. The van der Waals surface area contributed by atoms with Gasteiger partial charge in [-0.2, -0.15) is 0 Å². The Balaban J connectivity index is 1.80. The smallest absolute Gasteiger partial charge is 0.251 e. The molecule has 3 unspecified atom stereocenters. The number of carbonyl (C=O) groups is 3. The van der Waals surface area contributed by atoms with Crippen molar-refractivity contribution in [3.05, 3.63) is 54.1 Å². The average Bonchev–Trinajstić information content (AvgIpc) is 3.53. The van der Waals surface area contributed by atoms with Crippen molar-refractivity contribution in [3.63, 3.8) is 0 Å². The first kappa shape index (κ1) is 31.6. The Labute approximate surface area is 254 Å².